The van der Waals surface area contributed by atoms with Gasteiger partial charge in [-0.15, -0.1) is 0 Å². The highest BCUT2D eigenvalue weighted by Crippen LogP contribution is 2.22. The molecule has 0 aliphatic carbocycles. The van der Waals surface area contributed by atoms with E-state index in [1.807, 2.05) is 0 Å². The maximum Gasteiger partial charge on any atom is 0.137 e. The standard InChI is InChI=1S/C10H8BrFN4/c11-7-3-6(1-2-8(7)12)16-10-4-9(13)14-5-15-10/h1-5H,(H3,13,14,15,16). The van der Waals surface area contributed by atoms with Gasteiger partial charge in [-0.2, -0.15) is 0 Å². The zero-order chi connectivity index (χ0) is 11.5. The molecule has 2 aromatic rings. The molecule has 0 atom stereocenters. The first-order valence-corrected chi connectivity index (χ1v) is 5.24. The number of nitrogens with one attached hydrogen (secondary N) is 1. The van der Waals surface area contributed by atoms with E-state index >= 15 is 0 Å². The summed E-state index contributed by atoms with van der Waals surface area (Å²) in [5.41, 5.74) is 6.22. The van der Waals surface area contributed by atoms with E-state index in [1.54, 1.807) is 18.2 Å². The highest BCUT2D eigenvalue weighted by atomic mass is 79.9. The summed E-state index contributed by atoms with van der Waals surface area (Å²) in [5.74, 6) is 0.623. The minimum absolute atomic E-state index is 0.312. The van der Waals surface area contributed by atoms with Crippen molar-refractivity contribution in [2.75, 3.05) is 11.1 Å². The van der Waals surface area contributed by atoms with Crippen LogP contribution in [-0.2, 0) is 0 Å². The first-order chi connectivity index (χ1) is 7.65. The fraction of sp³-hybridized carbons (Fsp3) is 0. The number of benzene rings is 1. The molecule has 3 N–H and O–H groups in total. The number of aromatic nitrogens is 2. The van der Waals surface area contributed by atoms with Crippen molar-refractivity contribution in [1.29, 1.82) is 0 Å². The number of nitrogen functional groups attached to an aromatic ring is 1. The SMILES string of the molecule is Nc1cc(Nc2ccc(F)c(Br)c2)ncn1. The van der Waals surface area contributed by atoms with Gasteiger partial charge in [-0.1, -0.05) is 0 Å². The predicted octanol–water partition coefficient (Wildman–Crippen LogP) is 2.70. The number of rotatable bonds is 2. The fourth-order valence-corrected chi connectivity index (χ4v) is 1.54. The average Bonchev–Trinajstić information content (AvgIpc) is 2.24. The fourth-order valence-electron chi connectivity index (χ4n) is 1.16. The number of hydrogen-bond acceptors (Lipinski definition) is 4. The van der Waals surface area contributed by atoms with E-state index in [1.165, 1.54) is 12.4 Å². The molecule has 1 heterocycles. The molecular weight excluding hydrogens is 275 g/mol. The van der Waals surface area contributed by atoms with Crippen molar-refractivity contribution in [3.8, 4) is 0 Å². The van der Waals surface area contributed by atoms with Crippen LogP contribution in [0, 0.1) is 5.82 Å². The largest absolute Gasteiger partial charge is 0.384 e. The van der Waals surface area contributed by atoms with E-state index in [0.29, 0.717) is 21.8 Å². The molecule has 16 heavy (non-hydrogen) atoms. The smallest absolute Gasteiger partial charge is 0.137 e. The van der Waals surface area contributed by atoms with Crippen LogP contribution in [-0.4, -0.2) is 9.97 Å². The molecule has 0 aliphatic rings. The van der Waals surface area contributed by atoms with E-state index in [0.717, 1.165) is 0 Å². The molecule has 1 aromatic heterocycles. The van der Waals surface area contributed by atoms with E-state index in [-0.39, 0.29) is 5.82 Å². The molecule has 0 saturated heterocycles. The minimum atomic E-state index is -0.312. The molecule has 0 radical (unpaired) electrons. The van der Waals surface area contributed by atoms with Gasteiger partial charge in [0, 0.05) is 11.8 Å². The van der Waals surface area contributed by atoms with Crippen LogP contribution in [0.5, 0.6) is 0 Å². The molecule has 0 amide bonds. The Morgan fingerprint density at radius 1 is 1.25 bits per heavy atom. The average molecular weight is 283 g/mol. The van der Waals surface area contributed by atoms with Crippen molar-refractivity contribution in [2.24, 2.45) is 0 Å². The number of nitrogens with two attached hydrogens (primary N) is 1. The van der Waals surface area contributed by atoms with Crippen molar-refractivity contribution in [3.63, 3.8) is 0 Å². The van der Waals surface area contributed by atoms with Gasteiger partial charge < -0.3 is 11.1 Å². The van der Waals surface area contributed by atoms with Crippen LogP contribution >= 0.6 is 15.9 Å². The van der Waals surface area contributed by atoms with Crippen LogP contribution in [0.3, 0.4) is 0 Å². The van der Waals surface area contributed by atoms with Gasteiger partial charge in [0.05, 0.1) is 4.47 Å². The minimum Gasteiger partial charge on any atom is -0.384 e. The van der Waals surface area contributed by atoms with Crippen LogP contribution < -0.4 is 11.1 Å². The van der Waals surface area contributed by atoms with Gasteiger partial charge in [-0.05, 0) is 34.1 Å². The van der Waals surface area contributed by atoms with Crippen LogP contribution in [0.25, 0.3) is 0 Å². The quantitative estimate of drug-likeness (QED) is 0.889. The van der Waals surface area contributed by atoms with E-state index in [4.69, 9.17) is 5.73 Å². The Bertz CT molecular complexity index is 518. The molecule has 0 spiro atoms. The lowest BCUT2D eigenvalue weighted by atomic mass is 10.3. The monoisotopic (exact) mass is 282 g/mol. The Balaban J connectivity index is 2.24. The Morgan fingerprint density at radius 2 is 2.06 bits per heavy atom. The van der Waals surface area contributed by atoms with Crippen LogP contribution in [0.15, 0.2) is 35.1 Å². The number of halogens is 2. The predicted molar refractivity (Wildman–Crippen MR) is 63.8 cm³/mol. The van der Waals surface area contributed by atoms with Gasteiger partial charge in [0.1, 0.15) is 23.8 Å². The van der Waals surface area contributed by atoms with Crippen molar-refractivity contribution in [3.05, 3.63) is 40.9 Å². The summed E-state index contributed by atoms with van der Waals surface area (Å²) in [7, 11) is 0. The van der Waals surface area contributed by atoms with Crippen LogP contribution in [0.4, 0.5) is 21.7 Å². The molecule has 0 bridgehead atoms. The Labute approximate surface area is 99.9 Å². The van der Waals surface area contributed by atoms with E-state index < -0.39 is 0 Å². The molecule has 6 heteroatoms. The van der Waals surface area contributed by atoms with Gasteiger partial charge in [-0.3, -0.25) is 0 Å². The van der Waals surface area contributed by atoms with Gasteiger partial charge in [-0.25, -0.2) is 14.4 Å². The zero-order valence-electron chi connectivity index (χ0n) is 8.11. The van der Waals surface area contributed by atoms with Gasteiger partial charge in [0.2, 0.25) is 0 Å². The van der Waals surface area contributed by atoms with Crippen molar-refractivity contribution in [1.82, 2.24) is 9.97 Å². The number of hydrogen-bond donors (Lipinski definition) is 2. The lowest BCUT2D eigenvalue weighted by molar-refractivity contribution is 0.621. The molecule has 2 rings (SSSR count). The van der Waals surface area contributed by atoms with E-state index in [9.17, 15) is 4.39 Å². The van der Waals surface area contributed by atoms with Crippen molar-refractivity contribution in [2.45, 2.75) is 0 Å². The summed E-state index contributed by atoms with van der Waals surface area (Å²) in [6, 6.07) is 6.18. The van der Waals surface area contributed by atoms with Crippen LogP contribution in [0.1, 0.15) is 0 Å². The number of anilines is 3. The van der Waals surface area contributed by atoms with Gasteiger partial charge in [0.15, 0.2) is 0 Å². The summed E-state index contributed by atoms with van der Waals surface area (Å²) >= 11 is 3.10. The summed E-state index contributed by atoms with van der Waals surface area (Å²) in [4.78, 5) is 7.75. The zero-order valence-corrected chi connectivity index (χ0v) is 9.70. The van der Waals surface area contributed by atoms with Crippen LogP contribution in [0.2, 0.25) is 0 Å². The lowest BCUT2D eigenvalue weighted by Crippen LogP contribution is -1.97. The molecule has 0 fully saturated rings. The topological polar surface area (TPSA) is 63.8 Å². The molecule has 0 aliphatic heterocycles. The third kappa shape index (κ3) is 2.46. The second kappa shape index (κ2) is 4.44. The molecule has 1 aromatic carbocycles. The molecule has 4 nitrogen and oxygen atoms in total. The summed E-state index contributed by atoms with van der Waals surface area (Å²) < 4.78 is 13.4. The molecule has 0 saturated carbocycles. The molecule has 0 unspecified atom stereocenters. The number of nitrogens with zero attached hydrogens (tertiary/aromatic N) is 2. The normalized spacial score (nSPS) is 10.1. The molecule has 82 valence electrons. The maximum atomic E-state index is 13.0. The highest BCUT2D eigenvalue weighted by molar-refractivity contribution is 9.10. The lowest BCUT2D eigenvalue weighted by Gasteiger charge is -2.06. The third-order valence-corrected chi connectivity index (χ3v) is 2.49. The third-order valence-electron chi connectivity index (χ3n) is 1.88. The highest BCUT2D eigenvalue weighted by Gasteiger charge is 2.01. The van der Waals surface area contributed by atoms with Gasteiger partial charge in [0.25, 0.3) is 0 Å². The summed E-state index contributed by atoms with van der Waals surface area (Å²) in [6.07, 6.45) is 1.36. The molecular formula is C10H8BrFN4. The second-order valence-electron chi connectivity index (χ2n) is 3.08. The Morgan fingerprint density at radius 3 is 2.75 bits per heavy atom. The Hall–Kier alpha value is -1.69. The summed E-state index contributed by atoms with van der Waals surface area (Å²) in [6.45, 7) is 0. The maximum absolute atomic E-state index is 13.0. The van der Waals surface area contributed by atoms with Gasteiger partial charge >= 0.3 is 0 Å². The first kappa shape index (κ1) is 10.8. The van der Waals surface area contributed by atoms with Crippen molar-refractivity contribution < 1.29 is 4.39 Å². The van der Waals surface area contributed by atoms with Crippen molar-refractivity contribution >= 4 is 33.3 Å². The first-order valence-electron chi connectivity index (χ1n) is 4.45. The van der Waals surface area contributed by atoms with E-state index in [2.05, 4.69) is 31.2 Å². The summed E-state index contributed by atoms with van der Waals surface area (Å²) in [5, 5.41) is 2.98. The Kier molecular flexibility index (Phi) is 3.00. The second-order valence-corrected chi connectivity index (χ2v) is 3.94.